The third kappa shape index (κ3) is 5.51. The van der Waals surface area contributed by atoms with Crippen molar-refractivity contribution in [2.75, 3.05) is 18.6 Å². The van der Waals surface area contributed by atoms with Crippen LogP contribution in [0.5, 0.6) is 5.75 Å². The number of rotatable bonds is 5. The molecule has 0 bridgehead atoms. The van der Waals surface area contributed by atoms with Crippen LogP contribution in [0.3, 0.4) is 0 Å². The quantitative estimate of drug-likeness (QED) is 0.904. The van der Waals surface area contributed by atoms with Crippen molar-refractivity contribution in [3.05, 3.63) is 29.3 Å². The summed E-state index contributed by atoms with van der Waals surface area (Å²) in [6.07, 6.45) is 0.0891. The van der Waals surface area contributed by atoms with Gasteiger partial charge >= 0.3 is 0 Å². The van der Waals surface area contributed by atoms with Crippen LogP contribution in [0.15, 0.2) is 18.2 Å². The van der Waals surface area contributed by atoms with Crippen LogP contribution in [-0.4, -0.2) is 38.2 Å². The van der Waals surface area contributed by atoms with Crippen molar-refractivity contribution >= 4 is 9.84 Å². The van der Waals surface area contributed by atoms with E-state index < -0.39 is 15.9 Å². The van der Waals surface area contributed by atoms with Gasteiger partial charge in [-0.3, -0.25) is 0 Å². The molecule has 0 heterocycles. The van der Waals surface area contributed by atoms with Gasteiger partial charge in [0.2, 0.25) is 0 Å². The highest BCUT2D eigenvalue weighted by molar-refractivity contribution is 7.90. The standard InChI is InChI=1S/C15H24O4S/c1-11-8-12(15(2,3)4)6-7-14(11)19-9-13(16)10-20(5,17)18/h6-8,13,16H,9-10H2,1-5H3/t13-/m1/s1. The van der Waals surface area contributed by atoms with Gasteiger partial charge in [-0.15, -0.1) is 0 Å². The lowest BCUT2D eigenvalue weighted by Gasteiger charge is -2.21. The Kier molecular flexibility index (Phi) is 5.21. The minimum atomic E-state index is -3.19. The zero-order chi connectivity index (χ0) is 15.6. The van der Waals surface area contributed by atoms with Gasteiger partial charge in [0.1, 0.15) is 28.3 Å². The molecule has 0 saturated carbocycles. The van der Waals surface area contributed by atoms with Crippen LogP contribution in [0, 0.1) is 6.92 Å². The van der Waals surface area contributed by atoms with Crippen LogP contribution >= 0.6 is 0 Å². The zero-order valence-corrected chi connectivity index (χ0v) is 13.6. The van der Waals surface area contributed by atoms with E-state index in [9.17, 15) is 13.5 Å². The number of hydrogen-bond donors (Lipinski definition) is 1. The summed E-state index contributed by atoms with van der Waals surface area (Å²) in [4.78, 5) is 0. The fourth-order valence-electron chi connectivity index (χ4n) is 1.86. The number of benzene rings is 1. The maximum absolute atomic E-state index is 11.1. The van der Waals surface area contributed by atoms with Crippen LogP contribution in [-0.2, 0) is 15.3 Å². The van der Waals surface area contributed by atoms with Crippen molar-refractivity contribution in [2.45, 2.75) is 39.2 Å². The second kappa shape index (κ2) is 6.14. The number of sulfone groups is 1. The molecule has 0 amide bonds. The minimum absolute atomic E-state index is 0.0250. The second-order valence-electron chi connectivity index (χ2n) is 6.29. The lowest BCUT2D eigenvalue weighted by molar-refractivity contribution is 0.124. The Balaban J connectivity index is 2.70. The SMILES string of the molecule is Cc1cc(C(C)(C)C)ccc1OC[C@@H](O)CS(C)(=O)=O. The van der Waals surface area contributed by atoms with Crippen molar-refractivity contribution in [3.63, 3.8) is 0 Å². The van der Waals surface area contributed by atoms with E-state index in [1.807, 2.05) is 19.1 Å². The first-order chi connectivity index (χ1) is 8.99. The molecule has 0 aliphatic carbocycles. The molecular weight excluding hydrogens is 276 g/mol. The molecule has 0 unspecified atom stereocenters. The molecule has 114 valence electrons. The molecule has 1 rings (SSSR count). The van der Waals surface area contributed by atoms with Crippen LogP contribution < -0.4 is 4.74 Å². The maximum Gasteiger partial charge on any atom is 0.150 e. The van der Waals surface area contributed by atoms with Gasteiger partial charge in [-0.1, -0.05) is 32.9 Å². The predicted octanol–water partition coefficient (Wildman–Crippen LogP) is 2.08. The monoisotopic (exact) mass is 300 g/mol. The maximum atomic E-state index is 11.1. The Hall–Kier alpha value is -1.07. The van der Waals surface area contributed by atoms with Gasteiger partial charge in [0.15, 0.2) is 0 Å². The van der Waals surface area contributed by atoms with Crippen LogP contribution in [0.2, 0.25) is 0 Å². The topological polar surface area (TPSA) is 63.6 Å². The molecular formula is C15H24O4S. The molecule has 0 radical (unpaired) electrons. The molecule has 0 aliphatic heterocycles. The summed E-state index contributed by atoms with van der Waals surface area (Å²) in [5.74, 6) is 0.386. The highest BCUT2D eigenvalue weighted by atomic mass is 32.2. The van der Waals surface area contributed by atoms with Crippen LogP contribution in [0.4, 0.5) is 0 Å². The number of aliphatic hydroxyl groups excluding tert-OH is 1. The Morgan fingerprint density at radius 3 is 2.35 bits per heavy atom. The largest absolute Gasteiger partial charge is 0.491 e. The number of hydrogen-bond acceptors (Lipinski definition) is 4. The van der Waals surface area contributed by atoms with E-state index in [2.05, 4.69) is 26.8 Å². The van der Waals surface area contributed by atoms with Gasteiger partial charge in [0.05, 0.1) is 5.75 Å². The summed E-state index contributed by atoms with van der Waals surface area (Å²) in [5, 5.41) is 9.62. The lowest BCUT2D eigenvalue weighted by atomic mass is 9.86. The summed E-state index contributed by atoms with van der Waals surface area (Å²) >= 11 is 0. The first-order valence-electron chi connectivity index (χ1n) is 6.59. The van der Waals surface area contributed by atoms with E-state index in [0.717, 1.165) is 11.8 Å². The average Bonchev–Trinajstić information content (AvgIpc) is 2.23. The van der Waals surface area contributed by atoms with Crippen molar-refractivity contribution in [3.8, 4) is 5.75 Å². The molecule has 1 aromatic rings. The molecule has 0 fully saturated rings. The van der Waals surface area contributed by atoms with Gasteiger partial charge in [0, 0.05) is 6.26 Å². The van der Waals surface area contributed by atoms with E-state index in [1.165, 1.54) is 5.56 Å². The fourth-order valence-corrected chi connectivity index (χ4v) is 2.66. The highest BCUT2D eigenvalue weighted by Crippen LogP contribution is 2.27. The van der Waals surface area contributed by atoms with E-state index in [4.69, 9.17) is 4.74 Å². The molecule has 0 aliphatic rings. The van der Waals surface area contributed by atoms with Gasteiger partial charge in [0.25, 0.3) is 0 Å². The van der Waals surface area contributed by atoms with Crippen LogP contribution in [0.25, 0.3) is 0 Å². The minimum Gasteiger partial charge on any atom is -0.491 e. The first kappa shape index (κ1) is 17.0. The average molecular weight is 300 g/mol. The highest BCUT2D eigenvalue weighted by Gasteiger charge is 2.16. The van der Waals surface area contributed by atoms with E-state index >= 15 is 0 Å². The Morgan fingerprint density at radius 2 is 1.90 bits per heavy atom. The van der Waals surface area contributed by atoms with Crippen LogP contribution in [0.1, 0.15) is 31.9 Å². The molecule has 1 N–H and O–H groups in total. The van der Waals surface area contributed by atoms with E-state index in [-0.39, 0.29) is 17.8 Å². The molecule has 20 heavy (non-hydrogen) atoms. The van der Waals surface area contributed by atoms with Crippen molar-refractivity contribution in [2.24, 2.45) is 0 Å². The molecule has 5 heteroatoms. The molecule has 4 nitrogen and oxygen atoms in total. The van der Waals surface area contributed by atoms with Crippen molar-refractivity contribution in [1.82, 2.24) is 0 Å². The summed E-state index contributed by atoms with van der Waals surface area (Å²) in [6, 6.07) is 5.91. The normalized spacial score (nSPS) is 14.1. The molecule has 1 aromatic carbocycles. The zero-order valence-electron chi connectivity index (χ0n) is 12.8. The van der Waals surface area contributed by atoms with Gasteiger partial charge in [-0.2, -0.15) is 0 Å². The van der Waals surface area contributed by atoms with E-state index in [0.29, 0.717) is 5.75 Å². The molecule has 1 atom stereocenters. The summed E-state index contributed by atoms with van der Waals surface area (Å²) in [6.45, 7) is 8.32. The second-order valence-corrected chi connectivity index (χ2v) is 8.47. The first-order valence-corrected chi connectivity index (χ1v) is 8.65. The van der Waals surface area contributed by atoms with Gasteiger partial charge in [-0.25, -0.2) is 8.42 Å². The van der Waals surface area contributed by atoms with E-state index in [1.54, 1.807) is 0 Å². The number of aliphatic hydroxyl groups is 1. The smallest absolute Gasteiger partial charge is 0.150 e. The molecule has 0 spiro atoms. The van der Waals surface area contributed by atoms with Gasteiger partial charge in [-0.05, 0) is 29.5 Å². The fraction of sp³-hybridized carbons (Fsp3) is 0.600. The van der Waals surface area contributed by atoms with Crippen molar-refractivity contribution in [1.29, 1.82) is 0 Å². The van der Waals surface area contributed by atoms with Crippen molar-refractivity contribution < 1.29 is 18.3 Å². The summed E-state index contributed by atoms with van der Waals surface area (Å²) in [5.41, 5.74) is 2.25. The Labute approximate surface area is 121 Å². The molecule has 0 saturated heterocycles. The van der Waals surface area contributed by atoms with Gasteiger partial charge < -0.3 is 9.84 Å². The Morgan fingerprint density at radius 1 is 1.30 bits per heavy atom. The number of ether oxygens (including phenoxy) is 1. The summed E-state index contributed by atoms with van der Waals surface area (Å²) in [7, 11) is -3.19. The third-order valence-corrected chi connectivity index (χ3v) is 3.96. The number of aryl methyl sites for hydroxylation is 1. The molecule has 0 aromatic heterocycles. The summed E-state index contributed by atoms with van der Waals surface area (Å²) < 4.78 is 27.6. The Bertz CT molecular complexity index is 556. The lowest BCUT2D eigenvalue weighted by Crippen LogP contribution is -2.26. The third-order valence-electron chi connectivity index (χ3n) is 2.97. The predicted molar refractivity (Wildman–Crippen MR) is 81.1 cm³/mol.